The maximum Gasteiger partial charge on any atom is 0.254 e. The van der Waals surface area contributed by atoms with Crippen LogP contribution < -0.4 is 10.2 Å². The summed E-state index contributed by atoms with van der Waals surface area (Å²) in [7, 11) is 1.81. The summed E-state index contributed by atoms with van der Waals surface area (Å²) < 4.78 is 1.64. The number of hydrogen-bond acceptors (Lipinski definition) is 5. The van der Waals surface area contributed by atoms with E-state index in [4.69, 9.17) is 4.98 Å². The zero-order valence-electron chi connectivity index (χ0n) is 13.9. The number of hydrogen-bond donors (Lipinski definition) is 1. The van der Waals surface area contributed by atoms with Crippen molar-refractivity contribution in [3.63, 3.8) is 0 Å². The molecule has 3 heterocycles. The second kappa shape index (κ2) is 6.22. The van der Waals surface area contributed by atoms with Crippen LogP contribution in [0.4, 0.5) is 5.82 Å². The van der Waals surface area contributed by atoms with Gasteiger partial charge in [-0.2, -0.15) is 5.10 Å². The van der Waals surface area contributed by atoms with Gasteiger partial charge in [0.2, 0.25) is 0 Å². The zero-order valence-corrected chi connectivity index (χ0v) is 13.9. The summed E-state index contributed by atoms with van der Waals surface area (Å²) in [5.74, 6) is 2.53. The Bertz CT molecular complexity index is 730. The van der Waals surface area contributed by atoms with Crippen LogP contribution in [-0.2, 0) is 7.05 Å². The number of nitrogens with one attached hydrogen (secondary N) is 1. The quantitative estimate of drug-likeness (QED) is 0.921. The molecule has 2 fully saturated rings. The summed E-state index contributed by atoms with van der Waals surface area (Å²) in [5.41, 5.74) is 0.616. The van der Waals surface area contributed by atoms with Crippen molar-refractivity contribution in [1.82, 2.24) is 25.1 Å². The minimum absolute atomic E-state index is 0.0420. The fourth-order valence-electron chi connectivity index (χ4n) is 3.14. The molecule has 24 heavy (non-hydrogen) atoms. The largest absolute Gasteiger partial charge is 0.356 e. The SMILES string of the molecule is Cn1cc(C(=O)NC2CCN(c3ccnc(C4CC4)n3)CC2)cn1. The van der Waals surface area contributed by atoms with Crippen LogP contribution in [0.25, 0.3) is 0 Å². The summed E-state index contributed by atoms with van der Waals surface area (Å²) in [5, 5.41) is 7.15. The molecule has 4 rings (SSSR count). The number of aryl methyl sites for hydroxylation is 1. The Balaban J connectivity index is 1.33. The zero-order chi connectivity index (χ0) is 16.5. The predicted molar refractivity (Wildman–Crippen MR) is 89.9 cm³/mol. The molecule has 1 aliphatic carbocycles. The molecule has 1 amide bonds. The summed E-state index contributed by atoms with van der Waals surface area (Å²) in [6.45, 7) is 1.80. The maximum absolute atomic E-state index is 12.2. The van der Waals surface area contributed by atoms with Crippen molar-refractivity contribution < 1.29 is 4.79 Å². The van der Waals surface area contributed by atoms with Crippen molar-refractivity contribution in [2.75, 3.05) is 18.0 Å². The van der Waals surface area contributed by atoms with Crippen LogP contribution in [0, 0.1) is 0 Å². The molecule has 0 spiro atoms. The Morgan fingerprint density at radius 1 is 1.25 bits per heavy atom. The molecule has 1 aliphatic heterocycles. The molecular formula is C17H22N6O. The number of carbonyl (C=O) groups is 1. The van der Waals surface area contributed by atoms with Gasteiger partial charge in [-0.15, -0.1) is 0 Å². The van der Waals surface area contributed by atoms with Gasteiger partial charge in [-0.25, -0.2) is 9.97 Å². The highest BCUT2D eigenvalue weighted by Gasteiger charge is 2.28. The second-order valence-electron chi connectivity index (χ2n) is 6.68. The first-order chi connectivity index (χ1) is 11.7. The fourth-order valence-corrected chi connectivity index (χ4v) is 3.14. The molecule has 126 valence electrons. The number of anilines is 1. The molecule has 1 saturated carbocycles. The highest BCUT2D eigenvalue weighted by atomic mass is 16.1. The van der Waals surface area contributed by atoms with Crippen LogP contribution in [0.3, 0.4) is 0 Å². The lowest BCUT2D eigenvalue weighted by Crippen LogP contribution is -2.45. The normalized spacial score (nSPS) is 18.6. The first-order valence-corrected chi connectivity index (χ1v) is 8.56. The van der Waals surface area contributed by atoms with Crippen LogP contribution >= 0.6 is 0 Å². The molecule has 0 atom stereocenters. The van der Waals surface area contributed by atoms with Crippen LogP contribution in [0.1, 0.15) is 47.8 Å². The van der Waals surface area contributed by atoms with Crippen molar-refractivity contribution in [1.29, 1.82) is 0 Å². The summed E-state index contributed by atoms with van der Waals surface area (Å²) >= 11 is 0. The number of amides is 1. The van der Waals surface area contributed by atoms with Crippen molar-refractivity contribution in [3.05, 3.63) is 36.0 Å². The molecule has 2 aromatic heterocycles. The highest BCUT2D eigenvalue weighted by Crippen LogP contribution is 2.38. The molecule has 7 nitrogen and oxygen atoms in total. The van der Waals surface area contributed by atoms with E-state index < -0.39 is 0 Å². The Morgan fingerprint density at radius 2 is 2.04 bits per heavy atom. The van der Waals surface area contributed by atoms with Gasteiger partial charge in [0.05, 0.1) is 11.8 Å². The Morgan fingerprint density at radius 3 is 2.71 bits per heavy atom. The lowest BCUT2D eigenvalue weighted by molar-refractivity contribution is 0.0931. The molecule has 1 N–H and O–H groups in total. The van der Waals surface area contributed by atoms with Gasteiger partial charge in [0.25, 0.3) is 5.91 Å². The van der Waals surface area contributed by atoms with E-state index in [9.17, 15) is 4.79 Å². The van der Waals surface area contributed by atoms with E-state index in [1.807, 2.05) is 19.3 Å². The third-order valence-corrected chi connectivity index (χ3v) is 4.72. The van der Waals surface area contributed by atoms with Crippen LogP contribution in [-0.4, -0.2) is 44.8 Å². The lowest BCUT2D eigenvalue weighted by atomic mass is 10.0. The first kappa shape index (κ1) is 15.1. The topological polar surface area (TPSA) is 75.9 Å². The van der Waals surface area contributed by atoms with Crippen molar-refractivity contribution in [3.8, 4) is 0 Å². The summed E-state index contributed by atoms with van der Waals surface area (Å²) in [6, 6.07) is 2.19. The molecule has 2 aliphatic rings. The van der Waals surface area contributed by atoms with Crippen LogP contribution in [0.15, 0.2) is 24.7 Å². The molecule has 2 aromatic rings. The molecular weight excluding hydrogens is 304 g/mol. The monoisotopic (exact) mass is 326 g/mol. The van der Waals surface area contributed by atoms with Crippen LogP contribution in [0.2, 0.25) is 0 Å². The van der Waals surface area contributed by atoms with Gasteiger partial charge in [-0.3, -0.25) is 9.48 Å². The second-order valence-corrected chi connectivity index (χ2v) is 6.68. The molecule has 7 heteroatoms. The summed E-state index contributed by atoms with van der Waals surface area (Å²) in [4.78, 5) is 23.6. The minimum atomic E-state index is -0.0420. The van der Waals surface area contributed by atoms with E-state index in [2.05, 4.69) is 20.3 Å². The third-order valence-electron chi connectivity index (χ3n) is 4.72. The van der Waals surface area contributed by atoms with Crippen molar-refractivity contribution >= 4 is 11.7 Å². The van der Waals surface area contributed by atoms with E-state index >= 15 is 0 Å². The van der Waals surface area contributed by atoms with E-state index in [1.165, 1.54) is 12.8 Å². The van der Waals surface area contributed by atoms with Gasteiger partial charge < -0.3 is 10.2 Å². The van der Waals surface area contributed by atoms with Gasteiger partial charge in [0, 0.05) is 44.5 Å². The smallest absolute Gasteiger partial charge is 0.254 e. The van der Waals surface area contributed by atoms with Gasteiger partial charge in [0.1, 0.15) is 11.6 Å². The van der Waals surface area contributed by atoms with Gasteiger partial charge in [-0.1, -0.05) is 0 Å². The van der Waals surface area contributed by atoms with Crippen molar-refractivity contribution in [2.24, 2.45) is 7.05 Å². The third kappa shape index (κ3) is 3.25. The Hall–Kier alpha value is -2.44. The number of piperidine rings is 1. The van der Waals surface area contributed by atoms with E-state index in [-0.39, 0.29) is 11.9 Å². The number of carbonyl (C=O) groups excluding carboxylic acids is 1. The minimum Gasteiger partial charge on any atom is -0.356 e. The van der Waals surface area contributed by atoms with E-state index in [0.717, 1.165) is 37.6 Å². The Labute approximate surface area is 141 Å². The first-order valence-electron chi connectivity index (χ1n) is 8.56. The van der Waals surface area contributed by atoms with Gasteiger partial charge in [0.15, 0.2) is 0 Å². The average Bonchev–Trinajstić information content (AvgIpc) is 3.37. The Kier molecular flexibility index (Phi) is 3.92. The number of rotatable bonds is 4. The number of aromatic nitrogens is 4. The molecule has 0 radical (unpaired) electrons. The molecule has 1 saturated heterocycles. The van der Waals surface area contributed by atoms with E-state index in [1.54, 1.807) is 17.1 Å². The average molecular weight is 326 g/mol. The molecule has 0 bridgehead atoms. The van der Waals surface area contributed by atoms with Crippen molar-refractivity contribution in [2.45, 2.75) is 37.6 Å². The lowest BCUT2D eigenvalue weighted by Gasteiger charge is -2.33. The fraction of sp³-hybridized carbons (Fsp3) is 0.529. The van der Waals surface area contributed by atoms with Crippen LogP contribution in [0.5, 0.6) is 0 Å². The molecule has 0 unspecified atom stereocenters. The number of nitrogens with zero attached hydrogens (tertiary/aromatic N) is 5. The van der Waals surface area contributed by atoms with E-state index in [0.29, 0.717) is 11.5 Å². The maximum atomic E-state index is 12.2. The highest BCUT2D eigenvalue weighted by molar-refractivity contribution is 5.93. The van der Waals surface area contributed by atoms with Gasteiger partial charge >= 0.3 is 0 Å². The molecule has 0 aromatic carbocycles. The standard InChI is InChI=1S/C17H22N6O/c1-22-11-13(10-19-22)17(24)20-14-5-8-23(9-6-14)15-4-7-18-16(21-15)12-2-3-12/h4,7,10-12,14H,2-3,5-6,8-9H2,1H3,(H,20,24). The van der Waals surface area contributed by atoms with Gasteiger partial charge in [-0.05, 0) is 31.7 Å². The predicted octanol–water partition coefficient (Wildman–Crippen LogP) is 1.49. The summed E-state index contributed by atoms with van der Waals surface area (Å²) in [6.07, 6.45) is 9.49.